The number of anilines is 2. The Balaban J connectivity index is 0.909. The summed E-state index contributed by atoms with van der Waals surface area (Å²) in [5.41, 5.74) is 15.9. The smallest absolute Gasteiger partial charge is 0.169 e. The van der Waals surface area contributed by atoms with Gasteiger partial charge in [-0.2, -0.15) is 0 Å². The summed E-state index contributed by atoms with van der Waals surface area (Å²) in [4.78, 5) is 13.0. The molecule has 0 saturated heterocycles. The molecule has 1 N–H and O–H groups in total. The molecule has 294 valence electrons. The van der Waals surface area contributed by atoms with E-state index in [1.807, 2.05) is 24.3 Å². The van der Waals surface area contributed by atoms with Crippen molar-refractivity contribution in [3.63, 3.8) is 0 Å². The molecule has 8 aromatic carbocycles. The minimum atomic E-state index is -0.430. The van der Waals surface area contributed by atoms with E-state index in [1.165, 1.54) is 39.1 Å². The number of amidine groups is 2. The molecule has 0 saturated carbocycles. The van der Waals surface area contributed by atoms with Gasteiger partial charge >= 0.3 is 0 Å². The molecule has 0 radical (unpaired) electrons. The molecule has 0 amide bonds. The Bertz CT molecular complexity index is 3220. The van der Waals surface area contributed by atoms with Gasteiger partial charge in [-0.3, -0.25) is 0 Å². The maximum Gasteiger partial charge on any atom is 0.169 e. The van der Waals surface area contributed by atoms with E-state index < -0.39 is 6.17 Å². The average molecular weight is 797 g/mol. The van der Waals surface area contributed by atoms with E-state index in [2.05, 4.69) is 204 Å². The van der Waals surface area contributed by atoms with Crippen LogP contribution in [0.5, 0.6) is 0 Å². The summed E-state index contributed by atoms with van der Waals surface area (Å²) in [5.74, 6) is 2.54. The largest absolute Gasteiger partial charge is 0.456 e. The van der Waals surface area contributed by atoms with Gasteiger partial charge in [-0.05, 0) is 99.1 Å². The van der Waals surface area contributed by atoms with E-state index in [0.29, 0.717) is 0 Å². The summed E-state index contributed by atoms with van der Waals surface area (Å²) in [6, 6.07) is 73.1. The third-order valence-electron chi connectivity index (χ3n) is 12.5. The molecule has 1 aromatic heterocycles. The van der Waals surface area contributed by atoms with Gasteiger partial charge in [0, 0.05) is 39.4 Å². The predicted molar refractivity (Wildman–Crippen MR) is 254 cm³/mol. The first-order chi connectivity index (χ1) is 30.7. The molecule has 3 aliphatic rings. The Morgan fingerprint density at radius 2 is 1.03 bits per heavy atom. The van der Waals surface area contributed by atoms with Gasteiger partial charge in [0.25, 0.3) is 0 Å². The molecule has 1 aliphatic carbocycles. The molecule has 12 rings (SSSR count). The van der Waals surface area contributed by atoms with Crippen molar-refractivity contribution in [3.05, 3.63) is 246 Å². The van der Waals surface area contributed by atoms with Crippen molar-refractivity contribution < 1.29 is 4.42 Å². The Labute approximate surface area is 360 Å². The van der Waals surface area contributed by atoms with Crippen LogP contribution in [0.25, 0.3) is 50.4 Å². The molecular weight excluding hydrogens is 757 g/mol. The molecule has 3 atom stereocenters. The van der Waals surface area contributed by atoms with Gasteiger partial charge in [0.2, 0.25) is 0 Å². The van der Waals surface area contributed by atoms with Crippen LogP contribution in [0.3, 0.4) is 0 Å². The van der Waals surface area contributed by atoms with E-state index in [4.69, 9.17) is 14.4 Å². The highest BCUT2D eigenvalue weighted by atomic mass is 16.3. The fourth-order valence-electron chi connectivity index (χ4n) is 9.53. The molecule has 0 fully saturated rings. The lowest BCUT2D eigenvalue weighted by atomic mass is 9.82. The van der Waals surface area contributed by atoms with Crippen LogP contribution in [0, 0.1) is 0 Å². The summed E-state index contributed by atoms with van der Waals surface area (Å²) in [5, 5.41) is 4.73. The number of furan rings is 1. The van der Waals surface area contributed by atoms with Crippen LogP contribution in [0.1, 0.15) is 45.7 Å². The topological polar surface area (TPSA) is 53.1 Å². The third kappa shape index (κ3) is 6.25. The fourth-order valence-corrected chi connectivity index (χ4v) is 9.53. The van der Waals surface area contributed by atoms with Gasteiger partial charge < -0.3 is 14.6 Å². The van der Waals surface area contributed by atoms with Crippen molar-refractivity contribution in [2.45, 2.75) is 18.1 Å². The summed E-state index contributed by atoms with van der Waals surface area (Å²) in [7, 11) is 0. The number of rotatable bonds is 7. The lowest BCUT2D eigenvalue weighted by molar-refractivity contribution is 0.584. The summed E-state index contributed by atoms with van der Waals surface area (Å²) < 4.78 is 6.65. The van der Waals surface area contributed by atoms with Crippen LogP contribution < -0.4 is 10.2 Å². The molecule has 62 heavy (non-hydrogen) atoms. The van der Waals surface area contributed by atoms with E-state index in [0.717, 1.165) is 61.9 Å². The first-order valence-electron chi connectivity index (χ1n) is 21.2. The van der Waals surface area contributed by atoms with E-state index >= 15 is 0 Å². The molecule has 3 unspecified atom stereocenters. The van der Waals surface area contributed by atoms with Crippen molar-refractivity contribution in [1.82, 2.24) is 5.32 Å². The van der Waals surface area contributed by atoms with Crippen molar-refractivity contribution in [2.75, 3.05) is 4.90 Å². The zero-order chi connectivity index (χ0) is 41.0. The number of hydrogen-bond acceptors (Lipinski definition) is 5. The number of hydrogen-bond donors (Lipinski definition) is 1. The van der Waals surface area contributed by atoms with Crippen LogP contribution in [0.15, 0.2) is 227 Å². The highest BCUT2D eigenvalue weighted by molar-refractivity contribution is 6.16. The van der Waals surface area contributed by atoms with Gasteiger partial charge in [0.15, 0.2) is 6.17 Å². The molecule has 5 heteroatoms. The standard InChI is InChI=1S/C57H40N4O/c1-4-14-37(15-5-1)41-20-12-21-42(34-41)39-26-29-46(30-27-39)61-49-25-11-10-24-47(49)53-50(61)31-33-52-54(53)48-36-45(28-32-51(48)62-52)57-59-55(40-18-8-3-9-19-40)58-56(60-57)44-23-13-22-43(35-44)38-16-6-2-7-17-38/h1-36,50,53,56H,(H,58,59,60). The number of benzene rings is 8. The molecule has 5 nitrogen and oxygen atoms in total. The molecular formula is C57H40N4O. The lowest BCUT2D eigenvalue weighted by Gasteiger charge is -2.30. The number of nitrogens with one attached hydrogen (secondary N) is 1. The molecule has 0 bridgehead atoms. The molecule has 3 heterocycles. The number of fused-ring (bicyclic) bond motifs is 7. The Kier molecular flexibility index (Phi) is 8.63. The quantitative estimate of drug-likeness (QED) is 0.175. The minimum absolute atomic E-state index is 0.0693. The second-order valence-electron chi connectivity index (χ2n) is 16.2. The Morgan fingerprint density at radius 3 is 1.74 bits per heavy atom. The van der Waals surface area contributed by atoms with Gasteiger partial charge in [-0.25, -0.2) is 9.98 Å². The van der Waals surface area contributed by atoms with Crippen LogP contribution in [-0.2, 0) is 0 Å². The monoisotopic (exact) mass is 796 g/mol. The Morgan fingerprint density at radius 1 is 0.468 bits per heavy atom. The maximum absolute atomic E-state index is 6.65. The summed E-state index contributed by atoms with van der Waals surface area (Å²) in [6.07, 6.45) is 4.06. The Hall–Kier alpha value is -8.02. The van der Waals surface area contributed by atoms with Crippen molar-refractivity contribution in [1.29, 1.82) is 0 Å². The fraction of sp³-hybridized carbons (Fsp3) is 0.0526. The molecule has 9 aromatic rings. The second kappa shape index (κ2) is 14.9. The van der Waals surface area contributed by atoms with Crippen molar-refractivity contribution in [3.8, 4) is 33.4 Å². The van der Waals surface area contributed by atoms with E-state index in [-0.39, 0.29) is 12.0 Å². The third-order valence-corrected chi connectivity index (χ3v) is 12.5. The van der Waals surface area contributed by atoms with E-state index in [1.54, 1.807) is 0 Å². The highest BCUT2D eigenvalue weighted by Gasteiger charge is 2.43. The minimum Gasteiger partial charge on any atom is -0.456 e. The first kappa shape index (κ1) is 35.9. The normalized spacial score (nSPS) is 17.4. The number of para-hydroxylation sites is 1. The van der Waals surface area contributed by atoms with E-state index in [9.17, 15) is 0 Å². The summed E-state index contributed by atoms with van der Waals surface area (Å²) >= 11 is 0. The van der Waals surface area contributed by atoms with Crippen LogP contribution in [-0.4, -0.2) is 17.7 Å². The second-order valence-corrected chi connectivity index (χ2v) is 16.2. The maximum atomic E-state index is 6.65. The number of aliphatic imine (C=N–C) groups is 2. The van der Waals surface area contributed by atoms with Crippen LogP contribution in [0.2, 0.25) is 0 Å². The van der Waals surface area contributed by atoms with Gasteiger partial charge in [-0.15, -0.1) is 0 Å². The van der Waals surface area contributed by atoms with Gasteiger partial charge in [0.1, 0.15) is 23.0 Å². The van der Waals surface area contributed by atoms with Gasteiger partial charge in [0.05, 0.1) is 6.04 Å². The molecule has 2 aliphatic heterocycles. The highest BCUT2D eigenvalue weighted by Crippen LogP contribution is 2.53. The lowest BCUT2D eigenvalue weighted by Crippen LogP contribution is -2.36. The zero-order valence-electron chi connectivity index (χ0n) is 33.8. The SMILES string of the molecule is C1=CC2C(c3ccccc3N2c2ccc(-c3cccc(-c4ccccc4)c3)cc2)c2c1oc1ccc(C3=NC(c4cccc(-c5ccccc5)c4)N=C(c4ccccc4)N3)cc21. The predicted octanol–water partition coefficient (Wildman–Crippen LogP) is 13.6. The van der Waals surface area contributed by atoms with Crippen LogP contribution >= 0.6 is 0 Å². The first-order valence-corrected chi connectivity index (χ1v) is 21.2. The van der Waals surface area contributed by atoms with Crippen molar-refractivity contribution in [2.24, 2.45) is 9.98 Å². The van der Waals surface area contributed by atoms with Gasteiger partial charge in [-0.1, -0.05) is 164 Å². The zero-order valence-corrected chi connectivity index (χ0v) is 33.8. The van der Waals surface area contributed by atoms with Crippen molar-refractivity contribution >= 4 is 40.1 Å². The summed E-state index contributed by atoms with van der Waals surface area (Å²) in [6.45, 7) is 0. The van der Waals surface area contributed by atoms with Crippen LogP contribution in [0.4, 0.5) is 11.4 Å². The average Bonchev–Trinajstić information content (AvgIpc) is 3.90. The number of nitrogens with zero attached hydrogens (tertiary/aromatic N) is 3. The molecule has 0 spiro atoms.